The van der Waals surface area contributed by atoms with Crippen LogP contribution in [0.15, 0.2) is 52.1 Å². The molecule has 0 radical (unpaired) electrons. The van der Waals surface area contributed by atoms with Crippen LogP contribution in [0.3, 0.4) is 0 Å². The van der Waals surface area contributed by atoms with Crippen molar-refractivity contribution in [2.45, 2.75) is 43.6 Å². The van der Waals surface area contributed by atoms with Gasteiger partial charge in [-0.2, -0.15) is 0 Å². The van der Waals surface area contributed by atoms with Crippen molar-refractivity contribution < 1.29 is 13.5 Å². The van der Waals surface area contributed by atoms with Crippen LogP contribution in [0.4, 0.5) is 4.39 Å². The number of furan rings is 1. The first-order valence-electron chi connectivity index (χ1n) is 11.8. The Hall–Kier alpha value is -2.38. The van der Waals surface area contributed by atoms with Crippen molar-refractivity contribution in [1.82, 2.24) is 15.5 Å². The van der Waals surface area contributed by atoms with Gasteiger partial charge in [0.2, 0.25) is 0 Å². The van der Waals surface area contributed by atoms with E-state index in [9.17, 15) is 4.39 Å². The minimum Gasteiger partial charge on any atom is -0.468 e. The van der Waals surface area contributed by atoms with Crippen LogP contribution in [-0.2, 0) is 10.2 Å². The Labute approximate surface area is 190 Å². The third-order valence-corrected chi connectivity index (χ3v) is 6.89. The number of guanidine groups is 1. The molecule has 2 aromatic rings. The summed E-state index contributed by atoms with van der Waals surface area (Å²) in [5.41, 5.74) is 1.04. The summed E-state index contributed by atoms with van der Waals surface area (Å²) in [7, 11) is 1.80. The molecule has 0 bridgehead atoms. The Bertz CT molecular complexity index is 841. The third-order valence-electron chi connectivity index (χ3n) is 6.89. The average molecular weight is 443 g/mol. The third kappa shape index (κ3) is 5.51. The topological polar surface area (TPSA) is 62.0 Å². The number of rotatable bonds is 7. The molecular weight excluding hydrogens is 407 g/mol. The number of hydrogen-bond donors (Lipinski definition) is 2. The maximum atomic E-state index is 13.5. The lowest BCUT2D eigenvalue weighted by Crippen LogP contribution is -2.49. The summed E-state index contributed by atoms with van der Waals surface area (Å²) < 4.78 is 24.9. The van der Waals surface area contributed by atoms with E-state index < -0.39 is 0 Å². The second kappa shape index (κ2) is 11.0. The molecule has 4 rings (SSSR count). The van der Waals surface area contributed by atoms with E-state index in [2.05, 4.69) is 26.6 Å². The van der Waals surface area contributed by atoms with E-state index >= 15 is 0 Å². The summed E-state index contributed by atoms with van der Waals surface area (Å²) in [5.74, 6) is 1.55. The van der Waals surface area contributed by atoms with Crippen LogP contribution in [0, 0.1) is 5.82 Å². The zero-order valence-corrected chi connectivity index (χ0v) is 19.0. The Kier molecular flexibility index (Phi) is 7.81. The molecule has 6 nitrogen and oxygen atoms in total. The fourth-order valence-corrected chi connectivity index (χ4v) is 4.92. The van der Waals surface area contributed by atoms with Gasteiger partial charge in [0, 0.05) is 38.8 Å². The fourth-order valence-electron chi connectivity index (χ4n) is 4.92. The second-order valence-electron chi connectivity index (χ2n) is 8.83. The molecule has 0 aliphatic carbocycles. The average Bonchev–Trinajstić information content (AvgIpc) is 3.37. The fraction of sp³-hybridized carbons (Fsp3) is 0.560. The molecular formula is C25H35FN4O2. The lowest BCUT2D eigenvalue weighted by Gasteiger charge is -2.38. The number of aliphatic imine (C=N–C) groups is 1. The van der Waals surface area contributed by atoms with Crippen LogP contribution >= 0.6 is 0 Å². The lowest BCUT2D eigenvalue weighted by atomic mass is 9.74. The molecule has 0 saturated carbocycles. The minimum absolute atomic E-state index is 0.100. The summed E-state index contributed by atoms with van der Waals surface area (Å²) in [6, 6.07) is 11.1. The molecule has 2 aliphatic rings. The Morgan fingerprint density at radius 1 is 1.09 bits per heavy atom. The predicted molar refractivity (Wildman–Crippen MR) is 124 cm³/mol. The molecule has 2 saturated heterocycles. The van der Waals surface area contributed by atoms with Crippen LogP contribution in [0.25, 0.3) is 0 Å². The quantitative estimate of drug-likeness (QED) is 0.504. The van der Waals surface area contributed by atoms with Gasteiger partial charge in [-0.05, 0) is 68.6 Å². The molecule has 3 heterocycles. The van der Waals surface area contributed by atoms with Gasteiger partial charge in [-0.25, -0.2) is 4.39 Å². The predicted octanol–water partition coefficient (Wildman–Crippen LogP) is 3.86. The van der Waals surface area contributed by atoms with Crippen LogP contribution in [0.5, 0.6) is 0 Å². The maximum Gasteiger partial charge on any atom is 0.191 e. The van der Waals surface area contributed by atoms with Gasteiger partial charge >= 0.3 is 0 Å². The van der Waals surface area contributed by atoms with Crippen molar-refractivity contribution >= 4 is 5.96 Å². The Balaban J connectivity index is 1.41. The van der Waals surface area contributed by atoms with Gasteiger partial charge in [0.05, 0.1) is 12.3 Å². The molecule has 1 atom stereocenters. The number of halogens is 1. The number of piperidine rings is 1. The van der Waals surface area contributed by atoms with E-state index in [0.29, 0.717) is 13.2 Å². The van der Waals surface area contributed by atoms with Crippen molar-refractivity contribution in [1.29, 1.82) is 0 Å². The number of nitrogens with one attached hydrogen (secondary N) is 2. The summed E-state index contributed by atoms with van der Waals surface area (Å²) in [6.07, 6.45) is 7.29. The normalized spacial score (nSPS) is 20.6. The molecule has 1 aromatic heterocycles. The van der Waals surface area contributed by atoms with Gasteiger partial charge < -0.3 is 19.8 Å². The van der Waals surface area contributed by atoms with E-state index in [-0.39, 0.29) is 17.3 Å². The Morgan fingerprint density at radius 2 is 1.84 bits per heavy atom. The smallest absolute Gasteiger partial charge is 0.191 e. The highest BCUT2D eigenvalue weighted by Crippen LogP contribution is 2.34. The summed E-state index contributed by atoms with van der Waals surface area (Å²) in [4.78, 5) is 6.96. The standard InChI is InChI=1S/C25H35FN4O2/c1-27-24(28-18-22(23-6-5-15-32-23)30-13-3-2-4-14-30)29-19-25(11-16-31-17-12-25)20-7-9-21(26)10-8-20/h5-10,15,22H,2-4,11-14,16-19H2,1H3,(H2,27,28,29). The van der Waals surface area contributed by atoms with Gasteiger partial charge in [0.25, 0.3) is 0 Å². The van der Waals surface area contributed by atoms with Gasteiger partial charge in [0.15, 0.2) is 5.96 Å². The van der Waals surface area contributed by atoms with E-state index in [0.717, 1.165) is 56.3 Å². The highest BCUT2D eigenvalue weighted by molar-refractivity contribution is 5.79. The molecule has 2 aliphatic heterocycles. The molecule has 1 aromatic carbocycles. The SMILES string of the molecule is CN=C(NCC(c1ccco1)N1CCCCC1)NCC1(c2ccc(F)cc2)CCOCC1. The van der Waals surface area contributed by atoms with Gasteiger partial charge in [-0.1, -0.05) is 18.6 Å². The van der Waals surface area contributed by atoms with Crippen molar-refractivity contribution in [2.75, 3.05) is 46.4 Å². The molecule has 0 spiro atoms. The maximum absolute atomic E-state index is 13.5. The van der Waals surface area contributed by atoms with E-state index in [1.165, 1.54) is 19.3 Å². The van der Waals surface area contributed by atoms with Crippen LogP contribution in [-0.4, -0.2) is 57.3 Å². The van der Waals surface area contributed by atoms with Crippen LogP contribution < -0.4 is 10.6 Å². The number of benzene rings is 1. The van der Waals surface area contributed by atoms with Crippen LogP contribution in [0.2, 0.25) is 0 Å². The zero-order valence-electron chi connectivity index (χ0n) is 19.0. The van der Waals surface area contributed by atoms with Gasteiger partial charge in [-0.15, -0.1) is 0 Å². The molecule has 0 amide bonds. The van der Waals surface area contributed by atoms with Crippen molar-refractivity contribution in [2.24, 2.45) is 4.99 Å². The van der Waals surface area contributed by atoms with Crippen molar-refractivity contribution in [3.8, 4) is 0 Å². The number of nitrogens with zero attached hydrogens (tertiary/aromatic N) is 2. The number of likely N-dealkylation sites (tertiary alicyclic amines) is 1. The van der Waals surface area contributed by atoms with Crippen LogP contribution in [0.1, 0.15) is 49.5 Å². The summed E-state index contributed by atoms with van der Waals surface area (Å²) >= 11 is 0. The monoisotopic (exact) mass is 442 g/mol. The van der Waals surface area contributed by atoms with Crippen molar-refractivity contribution in [3.05, 3.63) is 59.8 Å². The molecule has 2 fully saturated rings. The molecule has 32 heavy (non-hydrogen) atoms. The first kappa shape index (κ1) is 22.8. The van der Waals surface area contributed by atoms with Gasteiger partial charge in [0.1, 0.15) is 11.6 Å². The number of ether oxygens (including phenoxy) is 1. The number of hydrogen-bond acceptors (Lipinski definition) is 4. The van der Waals surface area contributed by atoms with Crippen molar-refractivity contribution in [3.63, 3.8) is 0 Å². The van der Waals surface area contributed by atoms with E-state index in [1.54, 1.807) is 25.4 Å². The van der Waals surface area contributed by atoms with Gasteiger partial charge in [-0.3, -0.25) is 9.89 Å². The zero-order chi connectivity index (χ0) is 22.2. The highest BCUT2D eigenvalue weighted by atomic mass is 19.1. The van der Waals surface area contributed by atoms with E-state index in [1.807, 2.05) is 18.2 Å². The highest BCUT2D eigenvalue weighted by Gasteiger charge is 2.35. The second-order valence-corrected chi connectivity index (χ2v) is 8.83. The molecule has 7 heteroatoms. The first-order valence-corrected chi connectivity index (χ1v) is 11.8. The molecule has 1 unspecified atom stereocenters. The minimum atomic E-state index is -0.205. The lowest BCUT2D eigenvalue weighted by molar-refractivity contribution is 0.0513. The summed E-state index contributed by atoms with van der Waals surface area (Å²) in [5, 5.41) is 7.06. The largest absolute Gasteiger partial charge is 0.468 e. The van der Waals surface area contributed by atoms with E-state index in [4.69, 9.17) is 9.15 Å². The molecule has 174 valence electrons. The molecule has 2 N–H and O–H groups in total. The first-order chi connectivity index (χ1) is 15.7. The Morgan fingerprint density at radius 3 is 2.50 bits per heavy atom. The summed E-state index contributed by atoms with van der Waals surface area (Å²) in [6.45, 7) is 5.04.